The summed E-state index contributed by atoms with van der Waals surface area (Å²) < 4.78 is 13.1. The lowest BCUT2D eigenvalue weighted by atomic mass is 9.35. The molecule has 4 nitrogen and oxygen atoms in total. The minimum Gasteiger partial charge on any atom is -0.363 e. The Hall–Kier alpha value is -2.82. The van der Waals surface area contributed by atoms with Crippen molar-refractivity contribution in [1.82, 2.24) is 9.97 Å². The fraction of sp³-hybridized carbons (Fsp3) is 0.348. The zero-order valence-corrected chi connectivity index (χ0v) is 15.8. The van der Waals surface area contributed by atoms with Crippen LogP contribution >= 0.6 is 0 Å². The highest BCUT2D eigenvalue weighted by atomic mass is 19.1. The monoisotopic (exact) mass is 375 g/mol. The molecule has 3 aliphatic carbocycles. The molecule has 6 rings (SSSR count). The third-order valence-electron chi connectivity index (χ3n) is 6.67. The number of anilines is 1. The number of halogens is 1. The number of nitrogens with one attached hydrogen (secondary N) is 1. The molecule has 5 heteroatoms. The first kappa shape index (κ1) is 17.3. The van der Waals surface area contributed by atoms with Crippen LogP contribution < -0.4 is 5.32 Å². The summed E-state index contributed by atoms with van der Waals surface area (Å²) in [7, 11) is 0. The van der Waals surface area contributed by atoms with Crippen molar-refractivity contribution < 1.29 is 9.18 Å². The largest absolute Gasteiger partial charge is 0.363 e. The second-order valence-electron chi connectivity index (χ2n) is 8.52. The topological polar surface area (TPSA) is 54.9 Å². The molecule has 2 bridgehead atoms. The highest BCUT2D eigenvalue weighted by molar-refractivity contribution is 5.88. The van der Waals surface area contributed by atoms with Crippen LogP contribution in [0.4, 0.5) is 10.2 Å². The van der Waals surface area contributed by atoms with E-state index in [9.17, 15) is 9.18 Å². The molecule has 0 amide bonds. The van der Waals surface area contributed by atoms with E-state index in [0.717, 1.165) is 41.5 Å². The van der Waals surface area contributed by atoms with Gasteiger partial charge in [0.1, 0.15) is 17.1 Å². The van der Waals surface area contributed by atoms with Crippen LogP contribution in [0.5, 0.6) is 0 Å². The van der Waals surface area contributed by atoms with Crippen LogP contribution in [0.15, 0.2) is 54.9 Å². The molecule has 0 saturated heterocycles. The Morgan fingerprint density at radius 3 is 2.61 bits per heavy atom. The van der Waals surface area contributed by atoms with Gasteiger partial charge in [-0.2, -0.15) is 0 Å². The van der Waals surface area contributed by atoms with Crippen molar-refractivity contribution in [3.05, 3.63) is 66.2 Å². The molecule has 0 radical (unpaired) electrons. The summed E-state index contributed by atoms with van der Waals surface area (Å²) in [5.74, 6) is 0.814. The van der Waals surface area contributed by atoms with E-state index in [1.807, 2.05) is 31.3 Å². The molecule has 2 heterocycles. The highest BCUT2D eigenvalue weighted by Crippen LogP contribution is 2.71. The number of carbonyl (C=O) groups is 1. The van der Waals surface area contributed by atoms with Gasteiger partial charge < -0.3 is 5.32 Å². The maximum absolute atomic E-state index is 13.1. The van der Waals surface area contributed by atoms with Gasteiger partial charge in [0.05, 0.1) is 0 Å². The molecule has 28 heavy (non-hydrogen) atoms. The normalized spacial score (nSPS) is 26.2. The zero-order valence-electron chi connectivity index (χ0n) is 15.8. The summed E-state index contributed by atoms with van der Waals surface area (Å²) >= 11 is 0. The van der Waals surface area contributed by atoms with Crippen LogP contribution in [0.3, 0.4) is 0 Å². The Morgan fingerprint density at radius 2 is 1.86 bits per heavy atom. The van der Waals surface area contributed by atoms with Gasteiger partial charge in [0, 0.05) is 35.7 Å². The number of rotatable bonds is 6. The van der Waals surface area contributed by atoms with Gasteiger partial charge in [0.15, 0.2) is 5.82 Å². The fourth-order valence-electron chi connectivity index (χ4n) is 5.10. The number of benzene rings is 1. The van der Waals surface area contributed by atoms with Gasteiger partial charge in [-0.15, -0.1) is 0 Å². The highest BCUT2D eigenvalue weighted by Gasteiger charge is 2.70. The molecule has 3 saturated carbocycles. The molecule has 3 aromatic rings. The average Bonchev–Trinajstić information content (AvgIpc) is 2.65. The summed E-state index contributed by atoms with van der Waals surface area (Å²) in [5, 5.41) is 4.68. The molecule has 3 aliphatic rings. The lowest BCUT2D eigenvalue weighted by Crippen LogP contribution is -2.73. The van der Waals surface area contributed by atoms with E-state index >= 15 is 0 Å². The van der Waals surface area contributed by atoms with E-state index < -0.39 is 0 Å². The van der Waals surface area contributed by atoms with Crippen molar-refractivity contribution in [2.75, 3.05) is 5.32 Å². The van der Waals surface area contributed by atoms with Gasteiger partial charge in [0.25, 0.3) is 0 Å². The summed E-state index contributed by atoms with van der Waals surface area (Å²) in [6, 6.07) is 12.2. The number of Topliss-reactive ketones (excluding diaryl/α,β-unsaturated/α-hetero) is 1. The Kier molecular flexibility index (Phi) is 3.76. The van der Waals surface area contributed by atoms with E-state index in [0.29, 0.717) is 6.42 Å². The van der Waals surface area contributed by atoms with Gasteiger partial charge in [-0.05, 0) is 54.5 Å². The third-order valence-corrected chi connectivity index (χ3v) is 6.67. The van der Waals surface area contributed by atoms with E-state index in [4.69, 9.17) is 0 Å². The maximum atomic E-state index is 13.1. The van der Waals surface area contributed by atoms with Crippen LogP contribution in [0.2, 0.25) is 0 Å². The summed E-state index contributed by atoms with van der Waals surface area (Å²) in [5.41, 5.74) is 1.92. The van der Waals surface area contributed by atoms with Crippen LogP contribution in [0, 0.1) is 17.2 Å². The smallest absolute Gasteiger partial charge is 0.152 e. The molecular formula is C23H22FN3O. The Labute approximate surface area is 163 Å². The first-order valence-electron chi connectivity index (χ1n) is 9.74. The fourth-order valence-corrected chi connectivity index (χ4v) is 5.10. The molecule has 1 aromatic carbocycles. The first-order valence-corrected chi connectivity index (χ1v) is 9.74. The van der Waals surface area contributed by atoms with E-state index in [2.05, 4.69) is 15.3 Å². The summed E-state index contributed by atoms with van der Waals surface area (Å²) in [4.78, 5) is 21.7. The van der Waals surface area contributed by atoms with Crippen LogP contribution in [-0.4, -0.2) is 21.3 Å². The molecular weight excluding hydrogens is 353 g/mol. The standard InChI is InChI=1S/C23H22FN3O/c1-15(19(28)11-16-4-6-18(24)7-5-16)22-12-23(13-22,14-22)27-21-20-17(8-10-26-21)3-2-9-25-20/h2-10,15H,11-14H2,1H3,(H,26,27). The summed E-state index contributed by atoms with van der Waals surface area (Å²) in [6.45, 7) is 2.05. The average molecular weight is 375 g/mol. The van der Waals surface area contributed by atoms with E-state index in [-0.39, 0.29) is 28.5 Å². The molecule has 2 aromatic heterocycles. The number of ketones is 1. The Bertz CT molecular complexity index is 1040. The zero-order chi connectivity index (χ0) is 19.4. The van der Waals surface area contributed by atoms with Crippen molar-refractivity contribution in [2.45, 2.75) is 38.1 Å². The minimum atomic E-state index is -0.270. The van der Waals surface area contributed by atoms with Crippen molar-refractivity contribution in [3.8, 4) is 0 Å². The van der Waals surface area contributed by atoms with E-state index in [1.54, 1.807) is 18.3 Å². The summed E-state index contributed by atoms with van der Waals surface area (Å²) in [6.07, 6.45) is 6.93. The molecule has 0 aliphatic heterocycles. The van der Waals surface area contributed by atoms with Crippen molar-refractivity contribution in [1.29, 1.82) is 0 Å². The van der Waals surface area contributed by atoms with E-state index in [1.165, 1.54) is 12.1 Å². The predicted octanol–water partition coefficient (Wildman–Crippen LogP) is 4.55. The molecule has 142 valence electrons. The Morgan fingerprint density at radius 1 is 1.11 bits per heavy atom. The quantitative estimate of drug-likeness (QED) is 0.687. The molecule has 3 fully saturated rings. The number of nitrogens with zero attached hydrogens (tertiary/aromatic N) is 2. The van der Waals surface area contributed by atoms with Crippen LogP contribution in [-0.2, 0) is 11.2 Å². The number of carbonyl (C=O) groups excluding carboxylic acids is 1. The SMILES string of the molecule is CC(C(=O)Cc1ccc(F)cc1)C12CC(Nc3nccc4cccnc34)(C1)C2. The van der Waals surface area contributed by atoms with Crippen molar-refractivity contribution >= 4 is 22.5 Å². The van der Waals surface area contributed by atoms with Gasteiger partial charge >= 0.3 is 0 Å². The van der Waals surface area contributed by atoms with Gasteiger partial charge in [-0.3, -0.25) is 9.78 Å². The second kappa shape index (κ2) is 6.09. The van der Waals surface area contributed by atoms with Crippen LogP contribution in [0.1, 0.15) is 31.7 Å². The number of hydrogen-bond acceptors (Lipinski definition) is 4. The Balaban J connectivity index is 1.25. The van der Waals surface area contributed by atoms with Gasteiger partial charge in [-0.25, -0.2) is 9.37 Å². The van der Waals surface area contributed by atoms with Gasteiger partial charge in [0.2, 0.25) is 0 Å². The van der Waals surface area contributed by atoms with Gasteiger partial charge in [-0.1, -0.05) is 25.1 Å². The number of hydrogen-bond donors (Lipinski definition) is 1. The minimum absolute atomic E-state index is 0.0137. The van der Waals surface area contributed by atoms with Crippen molar-refractivity contribution in [2.24, 2.45) is 11.3 Å². The number of pyridine rings is 2. The molecule has 1 N–H and O–H groups in total. The first-order chi connectivity index (χ1) is 13.5. The molecule has 0 spiro atoms. The lowest BCUT2D eigenvalue weighted by Gasteiger charge is -2.72. The predicted molar refractivity (Wildman–Crippen MR) is 106 cm³/mol. The second-order valence-corrected chi connectivity index (χ2v) is 8.52. The number of fused-ring (bicyclic) bond motifs is 1. The maximum Gasteiger partial charge on any atom is 0.152 e. The van der Waals surface area contributed by atoms with Crippen molar-refractivity contribution in [3.63, 3.8) is 0 Å². The number of aromatic nitrogens is 2. The molecule has 1 atom stereocenters. The van der Waals surface area contributed by atoms with Crippen LogP contribution in [0.25, 0.3) is 10.9 Å². The molecule has 1 unspecified atom stereocenters. The third kappa shape index (κ3) is 2.68. The lowest BCUT2D eigenvalue weighted by molar-refractivity contribution is -0.167.